The zero-order valence-electron chi connectivity index (χ0n) is 21.5. The van der Waals surface area contributed by atoms with Gasteiger partial charge in [-0.1, -0.05) is 59.0 Å². The first-order chi connectivity index (χ1) is 19.7. The highest BCUT2D eigenvalue weighted by atomic mass is 32.1. The van der Waals surface area contributed by atoms with Gasteiger partial charge in [0.2, 0.25) is 11.0 Å². The van der Waals surface area contributed by atoms with Crippen molar-refractivity contribution in [2.24, 2.45) is 0 Å². The summed E-state index contributed by atoms with van der Waals surface area (Å²) in [4.78, 5) is 24.8. The summed E-state index contributed by atoms with van der Waals surface area (Å²) in [6.45, 7) is 0.261. The first-order valence-corrected chi connectivity index (χ1v) is 13.3. The highest BCUT2D eigenvalue weighted by molar-refractivity contribution is 7.15. The molecule has 0 saturated heterocycles. The summed E-state index contributed by atoms with van der Waals surface area (Å²) in [6, 6.07) is 13.8. The zero-order chi connectivity index (χ0) is 29.2. The minimum absolute atomic E-state index is 0.142. The van der Waals surface area contributed by atoms with Crippen molar-refractivity contribution in [1.82, 2.24) is 30.5 Å². The van der Waals surface area contributed by atoms with Gasteiger partial charge in [-0.3, -0.25) is 14.3 Å². The third-order valence-corrected chi connectivity index (χ3v) is 6.60. The SMILES string of the molecule is O=C(Cc1cccc(OC(F)(F)F)c1)Nc1nnc(CCCCn2cc(C(=O)N[C@@H](CO)c3ccccc3)nn2)s1. The second-order valence-corrected chi connectivity index (χ2v) is 9.93. The summed E-state index contributed by atoms with van der Waals surface area (Å²) in [6.07, 6.45) is -1.39. The standard InChI is InChI=1S/C26H26F3N7O4S/c27-26(28,29)40-19-10-6-7-17(13-19)14-22(38)31-25-34-33-23(41-25)11-4-5-12-36-15-20(32-35-36)24(39)30-21(16-37)18-8-2-1-3-9-18/h1-3,6-10,13,15,21,37H,4-5,11-12,14,16H2,(H,30,39)(H,31,34,38)/t21-/m0/s1. The molecule has 41 heavy (non-hydrogen) atoms. The predicted octanol–water partition coefficient (Wildman–Crippen LogP) is 3.70. The Morgan fingerprint density at radius 3 is 2.61 bits per heavy atom. The summed E-state index contributed by atoms with van der Waals surface area (Å²) in [5, 5.41) is 31.9. The normalized spacial score (nSPS) is 12.1. The lowest BCUT2D eigenvalue weighted by molar-refractivity contribution is -0.274. The van der Waals surface area contributed by atoms with Crippen molar-refractivity contribution in [3.63, 3.8) is 0 Å². The molecule has 0 aliphatic carbocycles. The van der Waals surface area contributed by atoms with Gasteiger partial charge in [0.25, 0.3) is 5.91 Å². The number of nitrogens with one attached hydrogen (secondary N) is 2. The van der Waals surface area contributed by atoms with Crippen molar-refractivity contribution < 1.29 is 32.6 Å². The number of aromatic nitrogens is 5. The second kappa shape index (κ2) is 13.8. The third-order valence-electron chi connectivity index (χ3n) is 5.70. The molecule has 0 fully saturated rings. The average Bonchev–Trinajstić information content (AvgIpc) is 3.59. The van der Waals surface area contributed by atoms with Crippen LogP contribution >= 0.6 is 11.3 Å². The monoisotopic (exact) mass is 589 g/mol. The van der Waals surface area contributed by atoms with Gasteiger partial charge in [-0.25, -0.2) is 0 Å². The number of anilines is 1. The van der Waals surface area contributed by atoms with E-state index in [0.29, 0.717) is 30.0 Å². The van der Waals surface area contributed by atoms with Crippen LogP contribution in [0.15, 0.2) is 60.8 Å². The molecule has 0 saturated carbocycles. The molecule has 0 bridgehead atoms. The lowest BCUT2D eigenvalue weighted by Crippen LogP contribution is -2.31. The lowest BCUT2D eigenvalue weighted by atomic mass is 10.1. The van der Waals surface area contributed by atoms with Crippen LogP contribution in [0.2, 0.25) is 0 Å². The van der Waals surface area contributed by atoms with Gasteiger partial charge < -0.3 is 20.5 Å². The van der Waals surface area contributed by atoms with Gasteiger partial charge in [-0.05, 0) is 36.1 Å². The van der Waals surface area contributed by atoms with Gasteiger partial charge in [0.05, 0.1) is 25.3 Å². The van der Waals surface area contributed by atoms with Crippen LogP contribution in [0.4, 0.5) is 18.3 Å². The fourth-order valence-electron chi connectivity index (χ4n) is 3.82. The van der Waals surface area contributed by atoms with Crippen molar-refractivity contribution >= 4 is 28.3 Å². The zero-order valence-corrected chi connectivity index (χ0v) is 22.4. The molecular formula is C26H26F3N7O4S. The van der Waals surface area contributed by atoms with Crippen molar-refractivity contribution in [3.8, 4) is 5.75 Å². The number of alkyl halides is 3. The number of carbonyl (C=O) groups is 2. The molecule has 216 valence electrons. The average molecular weight is 590 g/mol. The number of nitrogens with zero attached hydrogens (tertiary/aromatic N) is 5. The van der Waals surface area contributed by atoms with E-state index >= 15 is 0 Å². The summed E-state index contributed by atoms with van der Waals surface area (Å²) < 4.78 is 42.7. The molecule has 4 rings (SSSR count). The molecule has 2 heterocycles. The summed E-state index contributed by atoms with van der Waals surface area (Å²) in [7, 11) is 0. The molecule has 2 amide bonds. The van der Waals surface area contributed by atoms with Crippen LogP contribution in [0.5, 0.6) is 5.75 Å². The van der Waals surface area contributed by atoms with Gasteiger partial charge >= 0.3 is 6.36 Å². The highest BCUT2D eigenvalue weighted by Crippen LogP contribution is 2.24. The van der Waals surface area contributed by atoms with Crippen LogP contribution < -0.4 is 15.4 Å². The Balaban J connectivity index is 1.18. The number of aryl methyl sites for hydroxylation is 2. The predicted molar refractivity (Wildman–Crippen MR) is 142 cm³/mol. The molecule has 0 spiro atoms. The van der Waals surface area contributed by atoms with Gasteiger partial charge in [0.1, 0.15) is 10.8 Å². The maximum Gasteiger partial charge on any atom is 0.573 e. The van der Waals surface area contributed by atoms with Crippen LogP contribution in [-0.2, 0) is 24.2 Å². The number of halogens is 3. The van der Waals surface area contributed by atoms with Gasteiger partial charge in [0, 0.05) is 13.0 Å². The maximum absolute atomic E-state index is 12.5. The molecule has 4 aromatic rings. The largest absolute Gasteiger partial charge is 0.573 e. The number of hydrogen-bond acceptors (Lipinski definition) is 9. The number of amides is 2. The van der Waals surface area contributed by atoms with Crippen LogP contribution in [0, 0.1) is 0 Å². The number of rotatable bonds is 13. The summed E-state index contributed by atoms with van der Waals surface area (Å²) in [5.74, 6) is -1.29. The van der Waals surface area contributed by atoms with Crippen LogP contribution in [0.25, 0.3) is 0 Å². The Hall–Kier alpha value is -4.37. The third kappa shape index (κ3) is 9.36. The summed E-state index contributed by atoms with van der Waals surface area (Å²) >= 11 is 1.21. The van der Waals surface area contributed by atoms with E-state index in [0.717, 1.165) is 24.1 Å². The Morgan fingerprint density at radius 2 is 1.85 bits per heavy atom. The number of ether oxygens (including phenoxy) is 1. The van der Waals surface area contributed by atoms with Crippen LogP contribution in [0.3, 0.4) is 0 Å². The quantitative estimate of drug-likeness (QED) is 0.200. The molecule has 0 unspecified atom stereocenters. The molecule has 3 N–H and O–H groups in total. The molecule has 1 atom stereocenters. The van der Waals surface area contributed by atoms with Crippen molar-refractivity contribution in [2.75, 3.05) is 11.9 Å². The molecule has 11 nitrogen and oxygen atoms in total. The fraction of sp³-hybridized carbons (Fsp3) is 0.308. The number of aliphatic hydroxyl groups excluding tert-OH is 1. The van der Waals surface area contributed by atoms with Gasteiger partial charge in [0.15, 0.2) is 5.69 Å². The highest BCUT2D eigenvalue weighted by Gasteiger charge is 2.31. The molecule has 0 radical (unpaired) electrons. The molecular weight excluding hydrogens is 563 g/mol. The Kier molecular flexibility index (Phi) is 9.97. The van der Waals surface area contributed by atoms with E-state index in [9.17, 15) is 27.9 Å². The number of unbranched alkanes of at least 4 members (excludes halogenated alkanes) is 1. The minimum atomic E-state index is -4.81. The Bertz CT molecular complexity index is 1450. The van der Waals surface area contributed by atoms with Crippen molar-refractivity contribution in [1.29, 1.82) is 0 Å². The number of carbonyl (C=O) groups excluding carboxylic acids is 2. The van der Waals surface area contributed by atoms with E-state index in [1.54, 1.807) is 4.68 Å². The van der Waals surface area contributed by atoms with Crippen molar-refractivity contribution in [2.45, 2.75) is 44.6 Å². The van der Waals surface area contributed by atoms with Crippen LogP contribution in [-0.4, -0.2) is 55.1 Å². The number of benzene rings is 2. The Labute approximate surface area is 236 Å². The fourth-order valence-corrected chi connectivity index (χ4v) is 4.62. The van der Waals surface area contributed by atoms with E-state index in [1.165, 1.54) is 29.7 Å². The summed E-state index contributed by atoms with van der Waals surface area (Å²) in [5.41, 5.74) is 1.27. The first kappa shape index (κ1) is 29.6. The van der Waals surface area contributed by atoms with E-state index in [2.05, 4.69) is 35.9 Å². The second-order valence-electron chi connectivity index (χ2n) is 8.86. The molecule has 0 aliphatic heterocycles. The van der Waals surface area contributed by atoms with E-state index in [1.807, 2.05) is 30.3 Å². The minimum Gasteiger partial charge on any atom is -0.406 e. The number of hydrogen-bond donors (Lipinski definition) is 3. The first-order valence-electron chi connectivity index (χ1n) is 12.5. The van der Waals surface area contributed by atoms with E-state index in [4.69, 9.17) is 0 Å². The lowest BCUT2D eigenvalue weighted by Gasteiger charge is -2.15. The Morgan fingerprint density at radius 1 is 1.05 bits per heavy atom. The molecule has 0 aliphatic rings. The molecule has 2 aromatic carbocycles. The molecule has 2 aromatic heterocycles. The topological polar surface area (TPSA) is 144 Å². The van der Waals surface area contributed by atoms with Gasteiger partial charge in [-0.15, -0.1) is 28.5 Å². The maximum atomic E-state index is 12.5. The van der Waals surface area contributed by atoms with E-state index < -0.39 is 30.0 Å². The van der Waals surface area contributed by atoms with E-state index in [-0.39, 0.29) is 23.9 Å². The van der Waals surface area contributed by atoms with Crippen LogP contribution in [0.1, 0.15) is 45.5 Å². The smallest absolute Gasteiger partial charge is 0.406 e. The number of aliphatic hydroxyl groups is 1. The van der Waals surface area contributed by atoms with Gasteiger partial charge in [-0.2, -0.15) is 0 Å². The molecule has 15 heteroatoms. The van der Waals surface area contributed by atoms with Crippen molar-refractivity contribution in [3.05, 3.63) is 82.6 Å².